The second-order valence-corrected chi connectivity index (χ2v) is 5.88. The number of rotatable bonds is 7. The lowest BCUT2D eigenvalue weighted by Crippen LogP contribution is -2.23. The zero-order valence-electron chi connectivity index (χ0n) is 14.2. The Kier molecular flexibility index (Phi) is 6.11. The van der Waals surface area contributed by atoms with E-state index in [-0.39, 0.29) is 22.8 Å². The van der Waals surface area contributed by atoms with E-state index in [4.69, 9.17) is 16.3 Å². The van der Waals surface area contributed by atoms with Gasteiger partial charge in [-0.3, -0.25) is 19.6 Å². The van der Waals surface area contributed by atoms with Crippen molar-refractivity contribution in [3.8, 4) is 0 Å². The van der Waals surface area contributed by atoms with Crippen LogP contribution < -0.4 is 5.32 Å². The van der Waals surface area contributed by atoms with Crippen molar-refractivity contribution in [2.75, 3.05) is 13.7 Å². The molecule has 25 heavy (non-hydrogen) atoms. The maximum Gasteiger partial charge on any atom is 0.288 e. The number of amides is 1. The second kappa shape index (κ2) is 8.09. The molecular formula is C16H19ClN4O4. The summed E-state index contributed by atoms with van der Waals surface area (Å²) in [6.45, 7) is 5.23. The van der Waals surface area contributed by atoms with Gasteiger partial charge in [0.1, 0.15) is 5.02 Å². The lowest BCUT2D eigenvalue weighted by molar-refractivity contribution is -0.384. The van der Waals surface area contributed by atoms with Crippen molar-refractivity contribution >= 4 is 23.2 Å². The zero-order chi connectivity index (χ0) is 18.6. The Morgan fingerprint density at radius 3 is 2.80 bits per heavy atom. The van der Waals surface area contributed by atoms with Crippen LogP contribution in [0.1, 0.15) is 27.3 Å². The van der Waals surface area contributed by atoms with Gasteiger partial charge in [0.05, 0.1) is 23.8 Å². The van der Waals surface area contributed by atoms with Gasteiger partial charge in [-0.2, -0.15) is 5.10 Å². The van der Waals surface area contributed by atoms with Gasteiger partial charge in [-0.25, -0.2) is 0 Å². The zero-order valence-corrected chi connectivity index (χ0v) is 15.0. The number of nitro benzene ring substituents is 1. The first-order chi connectivity index (χ1) is 11.8. The van der Waals surface area contributed by atoms with Crippen LogP contribution in [0.15, 0.2) is 18.2 Å². The normalized spacial score (nSPS) is 10.7. The van der Waals surface area contributed by atoms with Crippen molar-refractivity contribution in [1.82, 2.24) is 15.1 Å². The average Bonchev–Trinajstić information content (AvgIpc) is 2.84. The van der Waals surface area contributed by atoms with E-state index in [0.717, 1.165) is 17.0 Å². The lowest BCUT2D eigenvalue weighted by atomic mass is 10.1. The van der Waals surface area contributed by atoms with Gasteiger partial charge in [-0.05, 0) is 26.0 Å². The second-order valence-electron chi connectivity index (χ2n) is 5.47. The van der Waals surface area contributed by atoms with Gasteiger partial charge >= 0.3 is 0 Å². The Balaban J connectivity index is 2.11. The molecule has 2 rings (SSSR count). The van der Waals surface area contributed by atoms with Crippen LogP contribution in [0, 0.1) is 24.0 Å². The minimum Gasteiger partial charge on any atom is -0.383 e. The van der Waals surface area contributed by atoms with Crippen LogP contribution >= 0.6 is 11.6 Å². The summed E-state index contributed by atoms with van der Waals surface area (Å²) in [6, 6.07) is 3.96. The Morgan fingerprint density at radius 1 is 1.44 bits per heavy atom. The van der Waals surface area contributed by atoms with Gasteiger partial charge in [0.15, 0.2) is 0 Å². The number of methoxy groups -OCH3 is 1. The standard InChI is InChI=1S/C16H19ClN4O4/c1-10-13(11(2)20(19-10)6-7-25-3)9-18-16(22)12-4-5-14(17)15(8-12)21(23)24/h4-5,8H,6-7,9H2,1-3H3,(H,18,22). The molecule has 0 aliphatic carbocycles. The highest BCUT2D eigenvalue weighted by Crippen LogP contribution is 2.25. The largest absolute Gasteiger partial charge is 0.383 e. The molecule has 1 aromatic heterocycles. The lowest BCUT2D eigenvalue weighted by Gasteiger charge is -2.07. The van der Waals surface area contributed by atoms with E-state index in [2.05, 4.69) is 10.4 Å². The molecule has 1 amide bonds. The quantitative estimate of drug-likeness (QED) is 0.599. The van der Waals surface area contributed by atoms with Gasteiger partial charge in [0, 0.05) is 36.5 Å². The highest BCUT2D eigenvalue weighted by atomic mass is 35.5. The first kappa shape index (κ1) is 18.9. The van der Waals surface area contributed by atoms with Crippen LogP contribution in [0.25, 0.3) is 0 Å². The number of halogens is 1. The highest BCUT2D eigenvalue weighted by Gasteiger charge is 2.17. The van der Waals surface area contributed by atoms with E-state index < -0.39 is 10.8 Å². The van der Waals surface area contributed by atoms with Crippen LogP contribution in [0.5, 0.6) is 0 Å². The number of aryl methyl sites for hydroxylation is 1. The summed E-state index contributed by atoms with van der Waals surface area (Å²) in [5.41, 5.74) is 2.55. The van der Waals surface area contributed by atoms with Crippen molar-refractivity contribution in [3.63, 3.8) is 0 Å². The first-order valence-corrected chi connectivity index (χ1v) is 7.97. The Morgan fingerprint density at radius 2 is 2.16 bits per heavy atom. The topological polar surface area (TPSA) is 99.3 Å². The summed E-state index contributed by atoms with van der Waals surface area (Å²) in [7, 11) is 1.62. The van der Waals surface area contributed by atoms with E-state index in [1.165, 1.54) is 18.2 Å². The number of hydrogen-bond acceptors (Lipinski definition) is 5. The predicted molar refractivity (Wildman–Crippen MR) is 92.9 cm³/mol. The fourth-order valence-corrected chi connectivity index (χ4v) is 2.64. The minimum atomic E-state index is -0.618. The molecule has 9 heteroatoms. The summed E-state index contributed by atoms with van der Waals surface area (Å²) >= 11 is 5.76. The van der Waals surface area contributed by atoms with Crippen molar-refractivity contribution in [3.05, 3.63) is 55.9 Å². The van der Waals surface area contributed by atoms with E-state index >= 15 is 0 Å². The molecule has 0 atom stereocenters. The molecule has 0 unspecified atom stereocenters. The SMILES string of the molecule is COCCn1nc(C)c(CNC(=O)c2ccc(Cl)c([N+](=O)[O-])c2)c1C. The summed E-state index contributed by atoms with van der Waals surface area (Å²) in [5, 5.41) is 18.1. The number of aromatic nitrogens is 2. The van der Waals surface area contributed by atoms with Crippen LogP contribution in [-0.2, 0) is 17.8 Å². The number of nitrogens with one attached hydrogen (secondary N) is 1. The molecule has 0 aliphatic heterocycles. The third kappa shape index (κ3) is 4.34. The van der Waals surface area contributed by atoms with Crippen molar-refractivity contribution < 1.29 is 14.5 Å². The average molecular weight is 367 g/mol. The molecule has 1 heterocycles. The molecule has 134 valence electrons. The number of ether oxygens (including phenoxy) is 1. The molecule has 2 aromatic rings. The van der Waals surface area contributed by atoms with Crippen LogP contribution in [0.2, 0.25) is 5.02 Å². The van der Waals surface area contributed by atoms with Crippen LogP contribution in [0.4, 0.5) is 5.69 Å². The molecule has 0 radical (unpaired) electrons. The summed E-state index contributed by atoms with van der Waals surface area (Å²) < 4.78 is 6.88. The van der Waals surface area contributed by atoms with Gasteiger partial charge in [0.25, 0.3) is 11.6 Å². The third-order valence-corrected chi connectivity index (χ3v) is 4.19. The van der Waals surface area contributed by atoms with Crippen molar-refractivity contribution in [2.45, 2.75) is 26.9 Å². The van der Waals surface area contributed by atoms with Crippen LogP contribution in [-0.4, -0.2) is 34.3 Å². The molecule has 0 fully saturated rings. The van der Waals surface area contributed by atoms with Crippen molar-refractivity contribution in [2.24, 2.45) is 0 Å². The Hall–Kier alpha value is -2.45. The van der Waals surface area contributed by atoms with Gasteiger partial charge in [0.2, 0.25) is 0 Å². The number of nitro groups is 1. The molecule has 0 aliphatic rings. The molecular weight excluding hydrogens is 348 g/mol. The maximum atomic E-state index is 12.3. The van der Waals surface area contributed by atoms with Crippen molar-refractivity contribution in [1.29, 1.82) is 0 Å². The van der Waals surface area contributed by atoms with E-state index in [9.17, 15) is 14.9 Å². The van der Waals surface area contributed by atoms with E-state index in [1.807, 2.05) is 18.5 Å². The fraction of sp³-hybridized carbons (Fsp3) is 0.375. The fourth-order valence-electron chi connectivity index (χ4n) is 2.45. The number of carbonyl (C=O) groups excluding carboxylic acids is 1. The molecule has 1 N–H and O–H groups in total. The first-order valence-electron chi connectivity index (χ1n) is 7.59. The maximum absolute atomic E-state index is 12.3. The molecule has 0 saturated carbocycles. The number of hydrogen-bond donors (Lipinski definition) is 1. The molecule has 8 nitrogen and oxygen atoms in total. The molecule has 0 spiro atoms. The van der Waals surface area contributed by atoms with E-state index in [1.54, 1.807) is 7.11 Å². The van der Waals surface area contributed by atoms with E-state index in [0.29, 0.717) is 13.2 Å². The minimum absolute atomic E-state index is 0.00680. The Labute approximate surface area is 149 Å². The van der Waals surface area contributed by atoms with Gasteiger partial charge in [-0.15, -0.1) is 0 Å². The number of carbonyl (C=O) groups is 1. The predicted octanol–water partition coefficient (Wildman–Crippen LogP) is 2.64. The smallest absolute Gasteiger partial charge is 0.288 e. The Bertz CT molecular complexity index is 804. The summed E-state index contributed by atoms with van der Waals surface area (Å²) in [5.74, 6) is -0.414. The van der Waals surface area contributed by atoms with Crippen LogP contribution in [0.3, 0.4) is 0 Å². The third-order valence-electron chi connectivity index (χ3n) is 3.87. The highest BCUT2D eigenvalue weighted by molar-refractivity contribution is 6.32. The molecule has 1 aromatic carbocycles. The van der Waals surface area contributed by atoms with Gasteiger partial charge < -0.3 is 10.1 Å². The summed E-state index contributed by atoms with van der Waals surface area (Å²) in [4.78, 5) is 22.6. The summed E-state index contributed by atoms with van der Waals surface area (Å²) in [6.07, 6.45) is 0. The monoisotopic (exact) mass is 366 g/mol. The number of nitrogens with zero attached hydrogens (tertiary/aromatic N) is 3. The number of benzene rings is 1. The molecule has 0 saturated heterocycles. The molecule has 0 bridgehead atoms. The van der Waals surface area contributed by atoms with Gasteiger partial charge in [-0.1, -0.05) is 11.6 Å².